The molecule has 0 spiro atoms. The van der Waals surface area contributed by atoms with Crippen LogP contribution in [0.1, 0.15) is 23.2 Å². The number of rotatable bonds is 4. The number of hydrogen-bond acceptors (Lipinski definition) is 2. The van der Waals surface area contributed by atoms with Gasteiger partial charge in [-0.05, 0) is 35.6 Å². The lowest BCUT2D eigenvalue weighted by Crippen LogP contribution is -2.26. The molecule has 2 aromatic rings. The number of ether oxygens (including phenoxy) is 1. The maximum absolute atomic E-state index is 12.3. The first-order valence-corrected chi connectivity index (χ1v) is 7.18. The predicted molar refractivity (Wildman–Crippen MR) is 79.8 cm³/mol. The van der Waals surface area contributed by atoms with Gasteiger partial charge < -0.3 is 10.1 Å². The first kappa shape index (κ1) is 13.1. The van der Waals surface area contributed by atoms with Crippen molar-refractivity contribution in [2.24, 2.45) is 5.92 Å². The number of carbonyl (C=O) groups excluding carboxylic acids is 1. The van der Waals surface area contributed by atoms with E-state index in [-0.39, 0.29) is 5.91 Å². The van der Waals surface area contributed by atoms with E-state index in [1.807, 2.05) is 42.5 Å². The minimum atomic E-state index is 0.0146. The molecule has 1 atom stereocenters. The molecule has 3 rings (SSSR count). The zero-order chi connectivity index (χ0) is 13.8. The fourth-order valence-corrected chi connectivity index (χ4v) is 2.72. The molecule has 0 aromatic heterocycles. The second-order valence-electron chi connectivity index (χ2n) is 5.30. The van der Waals surface area contributed by atoms with Crippen molar-refractivity contribution in [2.45, 2.75) is 12.8 Å². The van der Waals surface area contributed by atoms with E-state index in [0.717, 1.165) is 48.9 Å². The van der Waals surface area contributed by atoms with Crippen LogP contribution in [-0.2, 0) is 4.74 Å². The fraction of sp³-hybridized carbons (Fsp3) is 0.353. The molecule has 1 unspecified atom stereocenters. The molecule has 3 heteroatoms. The van der Waals surface area contributed by atoms with Crippen LogP contribution >= 0.6 is 0 Å². The molecule has 1 saturated heterocycles. The molecule has 20 heavy (non-hydrogen) atoms. The summed E-state index contributed by atoms with van der Waals surface area (Å²) in [5.74, 6) is 0.614. The van der Waals surface area contributed by atoms with E-state index >= 15 is 0 Å². The van der Waals surface area contributed by atoms with Gasteiger partial charge in [-0.2, -0.15) is 0 Å². The van der Waals surface area contributed by atoms with Crippen LogP contribution in [0.4, 0.5) is 0 Å². The van der Waals surface area contributed by atoms with Crippen LogP contribution in [0.15, 0.2) is 42.5 Å². The van der Waals surface area contributed by atoms with Crippen molar-refractivity contribution < 1.29 is 9.53 Å². The molecule has 0 bridgehead atoms. The number of nitrogens with one attached hydrogen (secondary N) is 1. The van der Waals surface area contributed by atoms with Gasteiger partial charge >= 0.3 is 0 Å². The van der Waals surface area contributed by atoms with E-state index < -0.39 is 0 Å². The lowest BCUT2D eigenvalue weighted by atomic mass is 10.0. The van der Waals surface area contributed by atoms with Crippen molar-refractivity contribution in [1.82, 2.24) is 5.32 Å². The van der Waals surface area contributed by atoms with Crippen LogP contribution < -0.4 is 5.32 Å². The first-order chi connectivity index (χ1) is 9.84. The summed E-state index contributed by atoms with van der Waals surface area (Å²) in [4.78, 5) is 12.3. The maximum Gasteiger partial charge on any atom is 0.251 e. The molecule has 2 aromatic carbocycles. The van der Waals surface area contributed by atoms with E-state index in [9.17, 15) is 4.79 Å². The maximum atomic E-state index is 12.3. The minimum absolute atomic E-state index is 0.0146. The van der Waals surface area contributed by atoms with E-state index in [4.69, 9.17) is 4.74 Å². The normalized spacial score (nSPS) is 18.3. The highest BCUT2D eigenvalue weighted by Crippen LogP contribution is 2.19. The van der Waals surface area contributed by atoms with Crippen molar-refractivity contribution >= 4 is 16.7 Å². The number of amides is 1. The number of benzene rings is 2. The zero-order valence-corrected chi connectivity index (χ0v) is 11.5. The highest BCUT2D eigenvalue weighted by Gasteiger charge is 2.16. The molecule has 3 nitrogen and oxygen atoms in total. The Labute approximate surface area is 118 Å². The van der Waals surface area contributed by atoms with Gasteiger partial charge in [-0.25, -0.2) is 0 Å². The Morgan fingerprint density at radius 3 is 2.90 bits per heavy atom. The van der Waals surface area contributed by atoms with E-state index in [1.165, 1.54) is 0 Å². The van der Waals surface area contributed by atoms with Crippen LogP contribution in [0.5, 0.6) is 0 Å². The number of fused-ring (bicyclic) bond motifs is 1. The van der Waals surface area contributed by atoms with Crippen LogP contribution in [-0.4, -0.2) is 25.7 Å². The van der Waals surface area contributed by atoms with Crippen LogP contribution in [0, 0.1) is 5.92 Å². The zero-order valence-electron chi connectivity index (χ0n) is 11.5. The number of hydrogen-bond donors (Lipinski definition) is 1. The molecule has 0 aliphatic carbocycles. The fourth-order valence-electron chi connectivity index (χ4n) is 2.72. The number of carbonyl (C=O) groups is 1. The Morgan fingerprint density at radius 1 is 1.20 bits per heavy atom. The molecule has 1 heterocycles. The highest BCUT2D eigenvalue weighted by molar-refractivity contribution is 6.06. The summed E-state index contributed by atoms with van der Waals surface area (Å²) in [5.41, 5.74) is 0.755. The topological polar surface area (TPSA) is 38.3 Å². The average Bonchev–Trinajstić information content (AvgIpc) is 3.00. The lowest BCUT2D eigenvalue weighted by molar-refractivity contribution is 0.0952. The molecule has 1 aliphatic heterocycles. The third-order valence-corrected chi connectivity index (χ3v) is 3.90. The molecule has 104 valence electrons. The van der Waals surface area contributed by atoms with Gasteiger partial charge in [0.2, 0.25) is 0 Å². The summed E-state index contributed by atoms with van der Waals surface area (Å²) >= 11 is 0. The Hall–Kier alpha value is -1.87. The third kappa shape index (κ3) is 2.83. The molecule has 1 aliphatic rings. The summed E-state index contributed by atoms with van der Waals surface area (Å²) in [6.45, 7) is 2.42. The lowest BCUT2D eigenvalue weighted by Gasteiger charge is -2.10. The quantitative estimate of drug-likeness (QED) is 0.926. The SMILES string of the molecule is O=C(NCCC1CCOC1)c1cccc2ccccc12. The van der Waals surface area contributed by atoms with Crippen molar-refractivity contribution in [2.75, 3.05) is 19.8 Å². The second kappa shape index (κ2) is 6.06. The molecule has 0 radical (unpaired) electrons. The summed E-state index contributed by atoms with van der Waals surface area (Å²) in [7, 11) is 0. The summed E-state index contributed by atoms with van der Waals surface area (Å²) < 4.78 is 5.34. The van der Waals surface area contributed by atoms with E-state index in [2.05, 4.69) is 5.32 Å². The summed E-state index contributed by atoms with van der Waals surface area (Å²) in [6, 6.07) is 13.8. The third-order valence-electron chi connectivity index (χ3n) is 3.90. The average molecular weight is 269 g/mol. The predicted octanol–water partition coefficient (Wildman–Crippen LogP) is 3.00. The Morgan fingerprint density at radius 2 is 2.05 bits per heavy atom. The molecule has 1 N–H and O–H groups in total. The molecular weight excluding hydrogens is 250 g/mol. The van der Waals surface area contributed by atoms with Crippen LogP contribution in [0.3, 0.4) is 0 Å². The van der Waals surface area contributed by atoms with Gasteiger partial charge in [-0.1, -0.05) is 36.4 Å². The van der Waals surface area contributed by atoms with Gasteiger partial charge in [0.25, 0.3) is 5.91 Å². The van der Waals surface area contributed by atoms with Gasteiger partial charge in [0.1, 0.15) is 0 Å². The van der Waals surface area contributed by atoms with Crippen molar-refractivity contribution in [3.05, 3.63) is 48.0 Å². The minimum Gasteiger partial charge on any atom is -0.381 e. The van der Waals surface area contributed by atoms with Crippen molar-refractivity contribution in [3.63, 3.8) is 0 Å². The van der Waals surface area contributed by atoms with Gasteiger partial charge in [0.05, 0.1) is 0 Å². The van der Waals surface area contributed by atoms with Gasteiger partial charge in [0.15, 0.2) is 0 Å². The monoisotopic (exact) mass is 269 g/mol. The Kier molecular flexibility index (Phi) is 3.97. The van der Waals surface area contributed by atoms with Crippen molar-refractivity contribution in [3.8, 4) is 0 Å². The van der Waals surface area contributed by atoms with Gasteiger partial charge in [-0.3, -0.25) is 4.79 Å². The largest absolute Gasteiger partial charge is 0.381 e. The second-order valence-corrected chi connectivity index (χ2v) is 5.30. The summed E-state index contributed by atoms with van der Waals surface area (Å²) in [6.07, 6.45) is 2.11. The van der Waals surface area contributed by atoms with Crippen LogP contribution in [0.25, 0.3) is 10.8 Å². The highest BCUT2D eigenvalue weighted by atomic mass is 16.5. The standard InChI is InChI=1S/C17H19NO2/c19-17(18-10-8-13-9-11-20-12-13)16-7-3-5-14-4-1-2-6-15(14)16/h1-7,13H,8-12H2,(H,18,19). The Bertz CT molecular complexity index is 597. The van der Waals surface area contributed by atoms with E-state index in [1.54, 1.807) is 0 Å². The Balaban J connectivity index is 1.66. The van der Waals surface area contributed by atoms with Gasteiger partial charge in [0, 0.05) is 25.3 Å². The van der Waals surface area contributed by atoms with Crippen molar-refractivity contribution in [1.29, 1.82) is 0 Å². The van der Waals surface area contributed by atoms with E-state index in [0.29, 0.717) is 5.92 Å². The molecule has 1 amide bonds. The molecule has 0 saturated carbocycles. The smallest absolute Gasteiger partial charge is 0.251 e. The summed E-state index contributed by atoms with van der Waals surface area (Å²) in [5, 5.41) is 5.14. The first-order valence-electron chi connectivity index (χ1n) is 7.18. The molecular formula is C17H19NO2. The molecule has 1 fully saturated rings. The van der Waals surface area contributed by atoms with Crippen LogP contribution in [0.2, 0.25) is 0 Å². The van der Waals surface area contributed by atoms with Gasteiger partial charge in [-0.15, -0.1) is 0 Å².